The van der Waals surface area contributed by atoms with Gasteiger partial charge in [-0.05, 0) is 25.7 Å². The molecule has 1 aliphatic rings. The Bertz CT molecular complexity index is 282. The predicted molar refractivity (Wildman–Crippen MR) is 71.6 cm³/mol. The van der Waals surface area contributed by atoms with Gasteiger partial charge in [-0.15, -0.1) is 0 Å². The van der Waals surface area contributed by atoms with E-state index in [-0.39, 0.29) is 17.2 Å². The number of hydrogen-bond acceptors (Lipinski definition) is 2. The molecule has 0 aromatic heterocycles. The molecule has 0 aliphatic heterocycles. The molecule has 0 bridgehead atoms. The maximum Gasteiger partial charge on any atom is 0.223 e. The van der Waals surface area contributed by atoms with E-state index in [4.69, 9.17) is 11.5 Å². The van der Waals surface area contributed by atoms with E-state index in [0.29, 0.717) is 6.42 Å². The first-order valence-corrected chi connectivity index (χ1v) is 7.15. The van der Waals surface area contributed by atoms with Crippen LogP contribution >= 0.6 is 0 Å². The Balaban J connectivity index is 2.49. The first-order valence-electron chi connectivity index (χ1n) is 7.15. The highest BCUT2D eigenvalue weighted by Crippen LogP contribution is 2.38. The van der Waals surface area contributed by atoms with Crippen molar-refractivity contribution in [3.05, 3.63) is 0 Å². The van der Waals surface area contributed by atoms with Crippen LogP contribution in [0, 0.1) is 5.41 Å². The van der Waals surface area contributed by atoms with Crippen LogP contribution in [0.3, 0.4) is 0 Å². The molecule has 0 heterocycles. The average Bonchev–Trinajstić information content (AvgIpc) is 2.26. The van der Waals surface area contributed by atoms with E-state index >= 15 is 0 Å². The lowest BCUT2D eigenvalue weighted by Crippen LogP contribution is -2.37. The zero-order valence-corrected chi connectivity index (χ0v) is 11.2. The number of carbonyl (C=O) groups excluding carboxylic acids is 2. The van der Waals surface area contributed by atoms with Crippen LogP contribution in [0.4, 0.5) is 0 Å². The summed E-state index contributed by atoms with van der Waals surface area (Å²) in [6.45, 7) is 0. The van der Waals surface area contributed by atoms with Gasteiger partial charge in [-0.2, -0.15) is 0 Å². The first-order chi connectivity index (χ1) is 8.57. The molecule has 4 N–H and O–H groups in total. The molecule has 4 heteroatoms. The van der Waals surface area contributed by atoms with Gasteiger partial charge in [0.05, 0.1) is 0 Å². The zero-order chi connectivity index (χ0) is 13.4. The Morgan fingerprint density at radius 2 is 1.44 bits per heavy atom. The van der Waals surface area contributed by atoms with Gasteiger partial charge in [0, 0.05) is 11.8 Å². The van der Waals surface area contributed by atoms with Crippen molar-refractivity contribution in [2.45, 2.75) is 70.6 Å². The van der Waals surface area contributed by atoms with Gasteiger partial charge >= 0.3 is 0 Å². The quantitative estimate of drug-likeness (QED) is 0.712. The molecule has 18 heavy (non-hydrogen) atoms. The van der Waals surface area contributed by atoms with Crippen molar-refractivity contribution in [3.63, 3.8) is 0 Å². The maximum absolute atomic E-state index is 11.8. The lowest BCUT2D eigenvalue weighted by Gasteiger charge is -2.32. The van der Waals surface area contributed by atoms with E-state index in [1.54, 1.807) is 0 Å². The van der Waals surface area contributed by atoms with E-state index in [1.165, 1.54) is 19.3 Å². The largest absolute Gasteiger partial charge is 0.370 e. The smallest absolute Gasteiger partial charge is 0.223 e. The second-order valence-electron chi connectivity index (χ2n) is 5.59. The van der Waals surface area contributed by atoms with Crippen LogP contribution in [-0.2, 0) is 9.59 Å². The third-order valence-electron chi connectivity index (χ3n) is 4.16. The van der Waals surface area contributed by atoms with Gasteiger partial charge < -0.3 is 11.5 Å². The maximum atomic E-state index is 11.8. The summed E-state index contributed by atoms with van der Waals surface area (Å²) in [7, 11) is 0. The molecule has 104 valence electrons. The van der Waals surface area contributed by atoms with Crippen molar-refractivity contribution >= 4 is 11.8 Å². The number of primary amides is 2. The van der Waals surface area contributed by atoms with Crippen LogP contribution in [0.1, 0.15) is 70.6 Å². The van der Waals surface area contributed by atoms with E-state index in [9.17, 15) is 9.59 Å². The lowest BCUT2D eigenvalue weighted by atomic mass is 9.72. The number of amides is 2. The molecular weight excluding hydrogens is 228 g/mol. The number of nitrogens with two attached hydrogens (primary N) is 2. The van der Waals surface area contributed by atoms with E-state index < -0.39 is 0 Å². The molecule has 2 amide bonds. The predicted octanol–water partition coefficient (Wildman–Crippen LogP) is 2.25. The standard InChI is InChI=1S/C14H26N2O2/c15-12(17)8-4-7-11-14(13(16)18)9-5-2-1-3-6-10-14/h1-11H2,(H2,15,17)(H2,16,18). The molecule has 1 fully saturated rings. The van der Waals surface area contributed by atoms with Gasteiger partial charge in [-0.1, -0.05) is 38.5 Å². The fraction of sp³-hybridized carbons (Fsp3) is 0.857. The normalized spacial score (nSPS) is 19.8. The second-order valence-corrected chi connectivity index (χ2v) is 5.59. The van der Waals surface area contributed by atoms with Crippen molar-refractivity contribution in [3.8, 4) is 0 Å². The van der Waals surface area contributed by atoms with Crippen molar-refractivity contribution < 1.29 is 9.59 Å². The average molecular weight is 254 g/mol. The Labute approximate surface area is 109 Å². The van der Waals surface area contributed by atoms with Gasteiger partial charge in [0.15, 0.2) is 0 Å². The molecule has 0 aromatic carbocycles. The Morgan fingerprint density at radius 1 is 0.889 bits per heavy atom. The van der Waals surface area contributed by atoms with Crippen LogP contribution in [0.25, 0.3) is 0 Å². The second kappa shape index (κ2) is 7.39. The van der Waals surface area contributed by atoms with Crippen LogP contribution in [0.15, 0.2) is 0 Å². The summed E-state index contributed by atoms with van der Waals surface area (Å²) in [5.41, 5.74) is 10.4. The highest BCUT2D eigenvalue weighted by Gasteiger charge is 2.35. The summed E-state index contributed by atoms with van der Waals surface area (Å²) in [5, 5.41) is 0. The summed E-state index contributed by atoms with van der Waals surface area (Å²) < 4.78 is 0. The zero-order valence-electron chi connectivity index (χ0n) is 11.2. The van der Waals surface area contributed by atoms with Gasteiger partial charge in [0.25, 0.3) is 0 Å². The van der Waals surface area contributed by atoms with Crippen molar-refractivity contribution in [1.29, 1.82) is 0 Å². The summed E-state index contributed by atoms with van der Waals surface area (Å²) in [6, 6.07) is 0. The molecular formula is C14H26N2O2. The van der Waals surface area contributed by atoms with Gasteiger partial charge in [-0.25, -0.2) is 0 Å². The Kier molecular flexibility index (Phi) is 6.16. The SMILES string of the molecule is NC(=O)CCCCC1(C(N)=O)CCCCCCC1. The number of unbranched alkanes of at least 4 members (excludes halogenated alkanes) is 1. The summed E-state index contributed by atoms with van der Waals surface area (Å²) in [5.74, 6) is -0.413. The van der Waals surface area contributed by atoms with Crippen molar-refractivity contribution in [1.82, 2.24) is 0 Å². The summed E-state index contributed by atoms with van der Waals surface area (Å²) >= 11 is 0. The Hall–Kier alpha value is -1.06. The molecule has 0 unspecified atom stereocenters. The molecule has 0 radical (unpaired) electrons. The lowest BCUT2D eigenvalue weighted by molar-refractivity contribution is -0.129. The third kappa shape index (κ3) is 4.67. The number of carbonyl (C=O) groups is 2. The Morgan fingerprint density at radius 3 is 1.94 bits per heavy atom. The fourth-order valence-corrected chi connectivity index (χ4v) is 2.96. The summed E-state index contributed by atoms with van der Waals surface area (Å²) in [6.07, 6.45) is 10.6. The number of rotatable bonds is 6. The molecule has 0 spiro atoms. The fourth-order valence-electron chi connectivity index (χ4n) is 2.96. The van der Waals surface area contributed by atoms with E-state index in [0.717, 1.165) is 44.9 Å². The minimum atomic E-state index is -0.321. The first kappa shape index (κ1) is 15.0. The van der Waals surface area contributed by atoms with Crippen LogP contribution in [-0.4, -0.2) is 11.8 Å². The van der Waals surface area contributed by atoms with Gasteiger partial charge in [0.2, 0.25) is 11.8 Å². The molecule has 0 atom stereocenters. The molecule has 1 saturated carbocycles. The molecule has 1 aliphatic carbocycles. The molecule has 1 rings (SSSR count). The van der Waals surface area contributed by atoms with Gasteiger partial charge in [0.1, 0.15) is 0 Å². The van der Waals surface area contributed by atoms with E-state index in [1.807, 2.05) is 0 Å². The summed E-state index contributed by atoms with van der Waals surface area (Å²) in [4.78, 5) is 22.5. The van der Waals surface area contributed by atoms with Gasteiger partial charge in [-0.3, -0.25) is 9.59 Å². The third-order valence-corrected chi connectivity index (χ3v) is 4.16. The highest BCUT2D eigenvalue weighted by atomic mass is 16.1. The highest BCUT2D eigenvalue weighted by molar-refractivity contribution is 5.80. The number of hydrogen-bond donors (Lipinski definition) is 2. The van der Waals surface area contributed by atoms with Crippen LogP contribution < -0.4 is 11.5 Å². The monoisotopic (exact) mass is 254 g/mol. The van der Waals surface area contributed by atoms with Crippen molar-refractivity contribution in [2.24, 2.45) is 16.9 Å². The molecule has 0 saturated heterocycles. The van der Waals surface area contributed by atoms with E-state index in [2.05, 4.69) is 0 Å². The van der Waals surface area contributed by atoms with Crippen LogP contribution in [0.5, 0.6) is 0 Å². The minimum absolute atomic E-state index is 0.150. The van der Waals surface area contributed by atoms with Crippen LogP contribution in [0.2, 0.25) is 0 Å². The molecule has 0 aromatic rings. The molecule has 4 nitrogen and oxygen atoms in total. The topological polar surface area (TPSA) is 86.2 Å². The van der Waals surface area contributed by atoms with Crippen molar-refractivity contribution in [2.75, 3.05) is 0 Å². The minimum Gasteiger partial charge on any atom is -0.370 e.